The number of aromatic nitrogens is 1. The molecular formula is C22H18F4N4O2S. The van der Waals surface area contributed by atoms with Gasteiger partial charge in [0.05, 0.1) is 17.8 Å². The molecule has 0 atom stereocenters. The van der Waals surface area contributed by atoms with E-state index in [1.54, 1.807) is 0 Å². The van der Waals surface area contributed by atoms with Gasteiger partial charge in [0, 0.05) is 29.1 Å². The third-order valence-corrected chi connectivity index (χ3v) is 6.20. The van der Waals surface area contributed by atoms with Gasteiger partial charge in [-0.25, -0.2) is 13.8 Å². The van der Waals surface area contributed by atoms with Gasteiger partial charge in [-0.05, 0) is 48.9 Å². The molecule has 1 aliphatic rings. The molecule has 0 radical (unpaired) electrons. The number of nitrogens with two attached hydrogens (primary N) is 1. The third-order valence-electron chi connectivity index (χ3n) is 5.29. The molecule has 2 aromatic carbocycles. The van der Waals surface area contributed by atoms with Gasteiger partial charge >= 0.3 is 5.92 Å². The van der Waals surface area contributed by atoms with Crippen LogP contribution in [0.3, 0.4) is 0 Å². The van der Waals surface area contributed by atoms with E-state index in [9.17, 15) is 18.4 Å². The zero-order valence-corrected chi connectivity index (χ0v) is 18.1. The predicted octanol–water partition coefficient (Wildman–Crippen LogP) is 4.24. The van der Waals surface area contributed by atoms with E-state index in [0.29, 0.717) is 22.7 Å². The van der Waals surface area contributed by atoms with Gasteiger partial charge in [-0.2, -0.15) is 8.78 Å². The summed E-state index contributed by atoms with van der Waals surface area (Å²) in [5.41, 5.74) is 5.33. The van der Waals surface area contributed by atoms with Gasteiger partial charge in [0.2, 0.25) is 0 Å². The zero-order valence-electron chi connectivity index (χ0n) is 17.3. The van der Waals surface area contributed by atoms with Crippen molar-refractivity contribution in [3.05, 3.63) is 75.3 Å². The van der Waals surface area contributed by atoms with Gasteiger partial charge in [-0.3, -0.25) is 9.59 Å². The molecule has 3 N–H and O–H groups in total. The average Bonchev–Trinajstić information content (AvgIpc) is 3.15. The number of benzene rings is 2. The number of fused-ring (bicyclic) bond motifs is 1. The lowest BCUT2D eigenvalue weighted by atomic mass is 10.0. The smallest absolute Gasteiger partial charge is 0.352 e. The molecule has 0 fully saturated rings. The van der Waals surface area contributed by atoms with E-state index in [0.717, 1.165) is 28.4 Å². The van der Waals surface area contributed by atoms with Crippen LogP contribution in [0, 0.1) is 18.6 Å². The van der Waals surface area contributed by atoms with Crippen LogP contribution in [0.5, 0.6) is 0 Å². The topological polar surface area (TPSA) is 88.3 Å². The number of thiazole rings is 1. The highest BCUT2D eigenvalue weighted by Crippen LogP contribution is 2.35. The number of alkyl halides is 2. The second-order valence-corrected chi connectivity index (χ2v) is 8.70. The van der Waals surface area contributed by atoms with Gasteiger partial charge in [0.1, 0.15) is 11.6 Å². The number of nitrogen functional groups attached to an aromatic ring is 1. The number of aryl methyl sites for hydroxylation is 1. The first-order valence-electron chi connectivity index (χ1n) is 9.85. The molecule has 0 unspecified atom stereocenters. The highest BCUT2D eigenvalue weighted by molar-refractivity contribution is 7.15. The standard InChI is InChI=1S/C22H18F4N4O2S/c1-11-8-13(3-5-15(11)23)28-19(31)12-2-4-16(24)14(9-12)22(25,26)20(32)30-7-6-17-18(10-30)33-21(27)29-17/h2-5,8-9H,6-7,10H2,1H3,(H2,27,29)(H,28,31). The highest BCUT2D eigenvalue weighted by Gasteiger charge is 2.47. The van der Waals surface area contributed by atoms with Crippen LogP contribution in [0.15, 0.2) is 36.4 Å². The van der Waals surface area contributed by atoms with Crippen LogP contribution < -0.4 is 11.1 Å². The Morgan fingerprint density at radius 2 is 1.88 bits per heavy atom. The number of hydrogen-bond donors (Lipinski definition) is 2. The number of nitrogens with zero attached hydrogens (tertiary/aromatic N) is 2. The van der Waals surface area contributed by atoms with Crippen molar-refractivity contribution in [2.75, 3.05) is 17.6 Å². The summed E-state index contributed by atoms with van der Waals surface area (Å²) in [7, 11) is 0. The van der Waals surface area contributed by atoms with E-state index in [1.807, 2.05) is 0 Å². The van der Waals surface area contributed by atoms with Crippen molar-refractivity contribution < 1.29 is 27.2 Å². The fraction of sp³-hybridized carbons (Fsp3) is 0.227. The largest absolute Gasteiger partial charge is 0.375 e. The molecule has 2 amide bonds. The summed E-state index contributed by atoms with van der Waals surface area (Å²) in [6.45, 7) is 1.37. The molecule has 11 heteroatoms. The Morgan fingerprint density at radius 3 is 2.61 bits per heavy atom. The molecule has 0 bridgehead atoms. The van der Waals surface area contributed by atoms with E-state index in [1.165, 1.54) is 19.1 Å². The minimum absolute atomic E-state index is 0.0175. The second kappa shape index (κ2) is 8.47. The zero-order chi connectivity index (χ0) is 23.9. The first kappa shape index (κ1) is 22.7. The summed E-state index contributed by atoms with van der Waals surface area (Å²) in [5, 5.41) is 2.72. The normalized spacial score (nSPS) is 13.5. The van der Waals surface area contributed by atoms with Crippen LogP contribution >= 0.6 is 11.3 Å². The molecule has 1 aliphatic heterocycles. The molecular weight excluding hydrogens is 460 g/mol. The SMILES string of the molecule is Cc1cc(NC(=O)c2ccc(F)c(C(F)(F)C(=O)N3CCc4nc(N)sc4C3)c2)ccc1F. The van der Waals surface area contributed by atoms with Gasteiger partial charge < -0.3 is 16.0 Å². The maximum Gasteiger partial charge on any atom is 0.352 e. The maximum absolute atomic E-state index is 15.1. The van der Waals surface area contributed by atoms with Crippen LogP contribution in [0.1, 0.15) is 32.1 Å². The molecule has 1 aromatic heterocycles. The highest BCUT2D eigenvalue weighted by atomic mass is 32.1. The quantitative estimate of drug-likeness (QED) is 0.549. The first-order chi connectivity index (χ1) is 15.6. The number of carbonyl (C=O) groups excluding carboxylic acids is 2. The van der Waals surface area contributed by atoms with Gasteiger partial charge in [-0.1, -0.05) is 0 Å². The Labute approximate surface area is 190 Å². The lowest BCUT2D eigenvalue weighted by Crippen LogP contribution is -2.44. The van der Waals surface area contributed by atoms with E-state index < -0.39 is 34.9 Å². The summed E-state index contributed by atoms with van der Waals surface area (Å²) in [5.74, 6) is -8.39. The fourth-order valence-electron chi connectivity index (χ4n) is 3.54. The second-order valence-electron chi connectivity index (χ2n) is 7.59. The van der Waals surface area contributed by atoms with Crippen molar-refractivity contribution in [1.82, 2.24) is 9.88 Å². The Hall–Kier alpha value is -3.47. The van der Waals surface area contributed by atoms with Crippen LogP contribution in [0.4, 0.5) is 28.4 Å². The van der Waals surface area contributed by atoms with Gasteiger partial charge in [-0.15, -0.1) is 11.3 Å². The molecule has 2 heterocycles. The molecule has 33 heavy (non-hydrogen) atoms. The number of nitrogens with one attached hydrogen (secondary N) is 1. The summed E-state index contributed by atoms with van der Waals surface area (Å²) in [6.07, 6.45) is 0.257. The van der Waals surface area contributed by atoms with Crippen LogP contribution in [0.2, 0.25) is 0 Å². The lowest BCUT2D eigenvalue weighted by Gasteiger charge is -2.29. The van der Waals surface area contributed by atoms with Crippen molar-refractivity contribution in [3.63, 3.8) is 0 Å². The summed E-state index contributed by atoms with van der Waals surface area (Å²) >= 11 is 1.11. The van der Waals surface area contributed by atoms with Crippen molar-refractivity contribution in [2.24, 2.45) is 0 Å². The Kier molecular flexibility index (Phi) is 5.83. The molecule has 0 saturated heterocycles. The number of amides is 2. The van der Waals surface area contributed by atoms with Crippen LogP contribution in [-0.2, 0) is 23.7 Å². The minimum atomic E-state index is -4.21. The number of rotatable bonds is 4. The molecule has 0 aliphatic carbocycles. The Balaban J connectivity index is 1.57. The van der Waals surface area contributed by atoms with Crippen molar-refractivity contribution in [3.8, 4) is 0 Å². The van der Waals surface area contributed by atoms with Crippen molar-refractivity contribution in [1.29, 1.82) is 0 Å². The molecule has 172 valence electrons. The number of anilines is 2. The van der Waals surface area contributed by atoms with Crippen LogP contribution in [-0.4, -0.2) is 28.2 Å². The number of carbonyl (C=O) groups is 2. The van der Waals surface area contributed by atoms with Gasteiger partial charge in [0.25, 0.3) is 11.8 Å². The Bertz CT molecular complexity index is 1260. The lowest BCUT2D eigenvalue weighted by molar-refractivity contribution is -0.160. The van der Waals surface area contributed by atoms with Crippen molar-refractivity contribution in [2.45, 2.75) is 25.8 Å². The monoisotopic (exact) mass is 478 g/mol. The summed E-state index contributed by atoms with van der Waals surface area (Å²) in [4.78, 5) is 30.8. The van der Waals surface area contributed by atoms with E-state index in [4.69, 9.17) is 5.73 Å². The number of halogens is 4. The predicted molar refractivity (Wildman–Crippen MR) is 115 cm³/mol. The van der Waals surface area contributed by atoms with Crippen LogP contribution in [0.25, 0.3) is 0 Å². The molecule has 0 saturated carbocycles. The van der Waals surface area contributed by atoms with Gasteiger partial charge in [0.15, 0.2) is 5.13 Å². The maximum atomic E-state index is 15.1. The minimum Gasteiger partial charge on any atom is -0.375 e. The average molecular weight is 478 g/mol. The number of hydrogen-bond acceptors (Lipinski definition) is 5. The first-order valence-corrected chi connectivity index (χ1v) is 10.7. The van der Waals surface area contributed by atoms with E-state index in [-0.39, 0.29) is 41.5 Å². The third kappa shape index (κ3) is 4.40. The molecule has 3 aromatic rings. The van der Waals surface area contributed by atoms with E-state index in [2.05, 4.69) is 10.3 Å². The molecule has 0 spiro atoms. The molecule has 4 rings (SSSR count). The van der Waals surface area contributed by atoms with Crippen molar-refractivity contribution >= 4 is 34.0 Å². The Morgan fingerprint density at radius 1 is 1.15 bits per heavy atom. The summed E-state index contributed by atoms with van der Waals surface area (Å²) < 4.78 is 58.0. The summed E-state index contributed by atoms with van der Waals surface area (Å²) in [6, 6.07) is 6.21. The van der Waals surface area contributed by atoms with E-state index >= 15 is 8.78 Å². The molecule has 6 nitrogen and oxygen atoms in total. The fourth-order valence-corrected chi connectivity index (χ4v) is 4.43.